The summed E-state index contributed by atoms with van der Waals surface area (Å²) in [5.41, 5.74) is 8.76. The van der Waals surface area contributed by atoms with Crippen molar-refractivity contribution >= 4 is 13.2 Å². The summed E-state index contributed by atoms with van der Waals surface area (Å²) in [5.74, 6) is 0. The molecule has 42 heavy (non-hydrogen) atoms. The van der Waals surface area contributed by atoms with E-state index >= 15 is 0 Å². The van der Waals surface area contributed by atoms with Gasteiger partial charge in [-0.25, -0.2) is 0 Å². The summed E-state index contributed by atoms with van der Waals surface area (Å²) in [6.45, 7) is 33.2. The van der Waals surface area contributed by atoms with E-state index in [1.54, 1.807) is 6.07 Å². The molecule has 0 radical (unpaired) electrons. The molecule has 0 aliphatic carbocycles. The smallest absolute Gasteiger partial charge is 0.189 e. The molecule has 230 valence electrons. The van der Waals surface area contributed by atoms with Crippen molar-refractivity contribution < 1.29 is 14.7 Å². The lowest BCUT2D eigenvalue weighted by Gasteiger charge is -2.33. The van der Waals surface area contributed by atoms with E-state index in [-0.39, 0.29) is 32.4 Å². The second-order valence-electron chi connectivity index (χ2n) is 17.2. The van der Waals surface area contributed by atoms with Gasteiger partial charge in [-0.1, -0.05) is 146 Å². The van der Waals surface area contributed by atoms with E-state index in [1.807, 2.05) is 6.07 Å². The lowest BCUT2D eigenvalue weighted by Crippen LogP contribution is -2.24. The third-order valence-corrected chi connectivity index (χ3v) is 9.26. The average molecular weight is 592 g/mol. The van der Waals surface area contributed by atoms with Gasteiger partial charge < -0.3 is 0 Å². The Kier molecular flexibility index (Phi) is 8.90. The van der Waals surface area contributed by atoms with Crippen LogP contribution in [0.15, 0.2) is 48.5 Å². The maximum atomic E-state index is 11.0. The minimum Gasteiger partial charge on any atom is -0.189 e. The molecule has 0 spiro atoms. The molecule has 0 aliphatic heterocycles. The Morgan fingerprint density at radius 2 is 0.762 bits per heavy atom. The van der Waals surface area contributed by atoms with Gasteiger partial charge in [0.1, 0.15) is 0 Å². The first-order chi connectivity index (χ1) is 18.6. The molecule has 0 aromatic heterocycles. The summed E-state index contributed by atoms with van der Waals surface area (Å²) in [5, 5.41) is 0.194. The zero-order chi connectivity index (χ0) is 32.4. The number of hydrogen-bond donors (Lipinski definition) is 3. The van der Waals surface area contributed by atoms with Crippen LogP contribution in [0, 0.1) is 0 Å². The highest BCUT2D eigenvalue weighted by molar-refractivity contribution is 7.67. The first-order valence-corrected chi connectivity index (χ1v) is 16.9. The number of rotatable bonds is 3. The highest BCUT2D eigenvalue weighted by atomic mass is 31.2. The SMILES string of the molecule is CC(C)(C)c1ccc(-c2c(C(C)(C)C)ccc([P+](O)(O)O)c2-c2ccc(C(C)(C)C)cc2C(C)(C)C)c(C(C)(C)C)c1. The Morgan fingerprint density at radius 1 is 0.405 bits per heavy atom. The maximum absolute atomic E-state index is 11.0. The van der Waals surface area contributed by atoms with Gasteiger partial charge in [-0.05, 0) is 77.6 Å². The Hall–Kier alpha value is -2.03. The fraction of sp³-hybridized carbons (Fsp3) is 0.526. The van der Waals surface area contributed by atoms with Gasteiger partial charge in [0.05, 0.1) is 0 Å². The molecule has 3 aromatic rings. The molecule has 0 saturated heterocycles. The van der Waals surface area contributed by atoms with Gasteiger partial charge >= 0.3 is 7.94 Å². The predicted molar refractivity (Wildman–Crippen MR) is 184 cm³/mol. The van der Waals surface area contributed by atoms with E-state index in [4.69, 9.17) is 0 Å². The van der Waals surface area contributed by atoms with Crippen molar-refractivity contribution in [3.63, 3.8) is 0 Å². The summed E-state index contributed by atoms with van der Waals surface area (Å²) in [6, 6.07) is 17.0. The molecular weight excluding hydrogens is 535 g/mol. The van der Waals surface area contributed by atoms with Crippen LogP contribution in [-0.2, 0) is 27.1 Å². The molecule has 0 fully saturated rings. The molecule has 0 saturated carbocycles. The molecule has 0 aliphatic rings. The Bertz CT molecular complexity index is 1340. The molecule has 0 unspecified atom stereocenters. The monoisotopic (exact) mass is 591 g/mol. The molecule has 0 atom stereocenters. The minimum atomic E-state index is -4.40. The van der Waals surface area contributed by atoms with Crippen molar-refractivity contribution in [1.29, 1.82) is 0 Å². The van der Waals surface area contributed by atoms with Crippen LogP contribution in [0.2, 0.25) is 0 Å². The quantitative estimate of drug-likeness (QED) is 0.266. The van der Waals surface area contributed by atoms with Crippen molar-refractivity contribution in [2.45, 2.75) is 131 Å². The zero-order valence-electron chi connectivity index (χ0n) is 28.9. The van der Waals surface area contributed by atoms with E-state index in [9.17, 15) is 14.7 Å². The predicted octanol–water partition coefficient (Wildman–Crippen LogP) is 9.87. The van der Waals surface area contributed by atoms with Gasteiger partial charge in [0.2, 0.25) is 0 Å². The van der Waals surface area contributed by atoms with Gasteiger partial charge in [-0.2, -0.15) is 14.7 Å². The van der Waals surface area contributed by atoms with Crippen LogP contribution in [-0.4, -0.2) is 14.7 Å². The molecule has 0 amide bonds. The van der Waals surface area contributed by atoms with Crippen molar-refractivity contribution in [2.24, 2.45) is 0 Å². The first kappa shape index (κ1) is 34.5. The third-order valence-electron chi connectivity index (χ3n) is 8.24. The number of hydrogen-bond acceptors (Lipinski definition) is 3. The molecule has 0 heterocycles. The van der Waals surface area contributed by atoms with Crippen LogP contribution < -0.4 is 5.30 Å². The minimum absolute atomic E-state index is 0.0275. The van der Waals surface area contributed by atoms with Crippen molar-refractivity contribution in [3.05, 3.63) is 76.3 Å². The van der Waals surface area contributed by atoms with E-state index in [0.717, 1.165) is 27.8 Å². The van der Waals surface area contributed by atoms with Crippen LogP contribution >= 0.6 is 7.94 Å². The van der Waals surface area contributed by atoms with Crippen LogP contribution in [0.1, 0.15) is 132 Å². The average Bonchev–Trinajstić information content (AvgIpc) is 2.79. The Balaban J connectivity index is 2.72. The maximum Gasteiger partial charge on any atom is 0.441 e. The van der Waals surface area contributed by atoms with E-state index in [0.29, 0.717) is 5.56 Å². The van der Waals surface area contributed by atoms with Gasteiger partial charge in [0.15, 0.2) is 5.30 Å². The molecule has 0 bridgehead atoms. The van der Waals surface area contributed by atoms with Gasteiger partial charge in [0.25, 0.3) is 0 Å². The Morgan fingerprint density at radius 3 is 1.07 bits per heavy atom. The van der Waals surface area contributed by atoms with Gasteiger partial charge in [-0.15, -0.1) is 0 Å². The first-order valence-electron chi connectivity index (χ1n) is 15.2. The third kappa shape index (κ3) is 7.19. The highest BCUT2D eigenvalue weighted by Gasteiger charge is 2.42. The van der Waals surface area contributed by atoms with Gasteiger partial charge in [-0.3, -0.25) is 0 Å². The molecule has 3 rings (SSSR count). The summed E-state index contributed by atoms with van der Waals surface area (Å²) in [6.07, 6.45) is 0. The van der Waals surface area contributed by atoms with Gasteiger partial charge in [0, 0.05) is 5.56 Å². The van der Waals surface area contributed by atoms with Crippen LogP contribution in [0.5, 0.6) is 0 Å². The second-order valence-corrected chi connectivity index (χ2v) is 18.8. The fourth-order valence-corrected chi connectivity index (χ4v) is 6.52. The molecule has 4 heteroatoms. The topological polar surface area (TPSA) is 60.7 Å². The van der Waals surface area contributed by atoms with Crippen LogP contribution in [0.3, 0.4) is 0 Å². The van der Waals surface area contributed by atoms with Crippen molar-refractivity contribution in [2.75, 3.05) is 0 Å². The lowest BCUT2D eigenvalue weighted by atomic mass is 9.71. The van der Waals surface area contributed by atoms with Crippen LogP contribution in [0.25, 0.3) is 22.3 Å². The van der Waals surface area contributed by atoms with E-state index in [1.165, 1.54) is 16.7 Å². The largest absolute Gasteiger partial charge is 0.441 e. The summed E-state index contributed by atoms with van der Waals surface area (Å²) in [4.78, 5) is 32.9. The molecular formula is C38H56O3P+. The summed E-state index contributed by atoms with van der Waals surface area (Å²) in [7, 11) is -4.40. The fourth-order valence-electron chi connectivity index (χ4n) is 5.72. The molecule has 3 nitrogen and oxygen atoms in total. The molecule has 3 aromatic carbocycles. The second kappa shape index (κ2) is 10.8. The van der Waals surface area contributed by atoms with E-state index in [2.05, 4.69) is 140 Å². The normalized spacial score (nSPS) is 14.0. The Labute approximate surface area is 257 Å². The standard InChI is InChI=1S/C38H56O3P/c1-34(2,3)24-16-18-26(29(22-24)37(10,11)12)32-28(36(7,8)9)20-21-31(42(39,40)41)33(32)27-19-17-25(35(4,5)6)23-30(27)38(13,14)15/h16-23,39-41H,1-15H3/q+1. The zero-order valence-corrected chi connectivity index (χ0v) is 29.8. The lowest BCUT2D eigenvalue weighted by molar-refractivity contribution is 0.347. The van der Waals surface area contributed by atoms with Crippen molar-refractivity contribution in [1.82, 2.24) is 0 Å². The number of benzene rings is 3. The summed E-state index contributed by atoms with van der Waals surface area (Å²) < 4.78 is 0. The molecule has 3 N–H and O–H groups in total. The van der Waals surface area contributed by atoms with Crippen LogP contribution in [0.4, 0.5) is 0 Å². The van der Waals surface area contributed by atoms with Crippen molar-refractivity contribution in [3.8, 4) is 22.3 Å². The highest BCUT2D eigenvalue weighted by Crippen LogP contribution is 2.53. The summed E-state index contributed by atoms with van der Waals surface area (Å²) >= 11 is 0. The van der Waals surface area contributed by atoms with E-state index < -0.39 is 7.94 Å².